The Balaban J connectivity index is 1.30. The summed E-state index contributed by atoms with van der Waals surface area (Å²) in [6.45, 7) is 0.334. The lowest BCUT2D eigenvalue weighted by Gasteiger charge is -2.12. The Bertz CT molecular complexity index is 1270. The molecule has 3 aromatic rings. The first-order chi connectivity index (χ1) is 15.4. The van der Waals surface area contributed by atoms with Crippen molar-refractivity contribution in [2.24, 2.45) is 13.0 Å². The molecule has 2 aromatic heterocycles. The highest BCUT2D eigenvalue weighted by molar-refractivity contribution is 5.92. The van der Waals surface area contributed by atoms with Crippen LogP contribution in [0.3, 0.4) is 0 Å². The maximum Gasteiger partial charge on any atom is 0.329 e. The van der Waals surface area contributed by atoms with Gasteiger partial charge in [0, 0.05) is 38.0 Å². The van der Waals surface area contributed by atoms with Gasteiger partial charge in [-0.1, -0.05) is 25.0 Å². The lowest BCUT2D eigenvalue weighted by molar-refractivity contribution is -0.121. The molecule has 0 saturated heterocycles. The second-order valence-electron chi connectivity index (χ2n) is 8.15. The van der Waals surface area contributed by atoms with Crippen molar-refractivity contribution in [3.05, 3.63) is 56.5 Å². The zero-order valence-corrected chi connectivity index (χ0v) is 17.9. The molecule has 10 nitrogen and oxygen atoms in total. The summed E-state index contributed by atoms with van der Waals surface area (Å²) in [6, 6.07) is 7.44. The number of H-pyrrole nitrogens is 2. The van der Waals surface area contributed by atoms with Crippen LogP contribution in [0.25, 0.3) is 11.2 Å². The first kappa shape index (κ1) is 21.5. The van der Waals surface area contributed by atoms with Gasteiger partial charge in [-0.3, -0.25) is 23.9 Å². The van der Waals surface area contributed by atoms with Crippen LogP contribution in [-0.4, -0.2) is 31.3 Å². The van der Waals surface area contributed by atoms with E-state index in [4.69, 9.17) is 0 Å². The monoisotopic (exact) mass is 438 g/mol. The Hall–Kier alpha value is -3.69. The van der Waals surface area contributed by atoms with Crippen LogP contribution in [0, 0.1) is 5.92 Å². The summed E-state index contributed by atoms with van der Waals surface area (Å²) in [5, 5.41) is 5.82. The third-order valence-corrected chi connectivity index (χ3v) is 5.80. The molecule has 0 radical (unpaired) electrons. The van der Waals surface area contributed by atoms with Crippen molar-refractivity contribution < 1.29 is 9.59 Å². The average molecular weight is 438 g/mol. The molecule has 10 heteroatoms. The largest absolute Gasteiger partial charge is 0.352 e. The molecule has 2 amide bonds. The van der Waals surface area contributed by atoms with Crippen molar-refractivity contribution in [2.75, 3.05) is 5.32 Å². The van der Waals surface area contributed by atoms with E-state index in [1.807, 2.05) is 24.3 Å². The van der Waals surface area contributed by atoms with Crippen LogP contribution in [0.1, 0.15) is 43.5 Å². The van der Waals surface area contributed by atoms with Gasteiger partial charge >= 0.3 is 5.69 Å². The molecule has 1 saturated carbocycles. The van der Waals surface area contributed by atoms with Gasteiger partial charge in [-0.2, -0.15) is 0 Å². The molecule has 0 spiro atoms. The van der Waals surface area contributed by atoms with Gasteiger partial charge in [0.05, 0.1) is 0 Å². The zero-order valence-electron chi connectivity index (χ0n) is 17.9. The predicted molar refractivity (Wildman–Crippen MR) is 119 cm³/mol. The van der Waals surface area contributed by atoms with Crippen molar-refractivity contribution in [1.29, 1.82) is 0 Å². The minimum Gasteiger partial charge on any atom is -0.352 e. The van der Waals surface area contributed by atoms with E-state index in [0.29, 0.717) is 18.8 Å². The van der Waals surface area contributed by atoms with Crippen molar-refractivity contribution in [2.45, 2.75) is 45.1 Å². The fourth-order valence-corrected chi connectivity index (χ4v) is 3.98. The number of aromatic amines is 2. The molecule has 4 N–H and O–H groups in total. The normalized spacial score (nSPS) is 14.0. The molecule has 4 rings (SSSR count). The Morgan fingerprint density at radius 3 is 2.75 bits per heavy atom. The second kappa shape index (κ2) is 9.21. The van der Waals surface area contributed by atoms with Crippen LogP contribution < -0.4 is 21.9 Å². The summed E-state index contributed by atoms with van der Waals surface area (Å²) in [5.74, 6) is 0.438. The maximum absolute atomic E-state index is 12.3. The summed E-state index contributed by atoms with van der Waals surface area (Å²) < 4.78 is 1.25. The van der Waals surface area contributed by atoms with Crippen LogP contribution in [-0.2, 0) is 29.6 Å². The Morgan fingerprint density at radius 2 is 1.97 bits per heavy atom. The number of aromatic nitrogens is 4. The molecule has 1 fully saturated rings. The summed E-state index contributed by atoms with van der Waals surface area (Å²) in [7, 11) is 1.52. The van der Waals surface area contributed by atoms with Crippen LogP contribution >= 0.6 is 0 Å². The zero-order chi connectivity index (χ0) is 22.7. The quantitative estimate of drug-likeness (QED) is 0.440. The molecule has 0 unspecified atom stereocenters. The van der Waals surface area contributed by atoms with E-state index in [0.717, 1.165) is 36.9 Å². The summed E-state index contributed by atoms with van der Waals surface area (Å²) >= 11 is 0. The van der Waals surface area contributed by atoms with E-state index < -0.39 is 11.2 Å². The molecule has 0 aliphatic heterocycles. The van der Waals surface area contributed by atoms with Gasteiger partial charge in [0.1, 0.15) is 11.3 Å². The van der Waals surface area contributed by atoms with E-state index in [1.54, 1.807) is 0 Å². The highest BCUT2D eigenvalue weighted by Crippen LogP contribution is 2.26. The van der Waals surface area contributed by atoms with Crippen LogP contribution in [0.4, 0.5) is 5.69 Å². The first-order valence-corrected chi connectivity index (χ1v) is 10.7. The fourth-order valence-electron chi connectivity index (χ4n) is 3.98. The molecule has 0 atom stereocenters. The number of hydrogen-bond acceptors (Lipinski definition) is 5. The number of anilines is 1. The molecule has 0 bridgehead atoms. The fraction of sp³-hybridized carbons (Fsp3) is 0.409. The molecular formula is C22H26N6O4. The van der Waals surface area contributed by atoms with Crippen molar-refractivity contribution in [1.82, 2.24) is 24.8 Å². The van der Waals surface area contributed by atoms with Crippen molar-refractivity contribution in [3.8, 4) is 0 Å². The maximum atomic E-state index is 12.3. The van der Waals surface area contributed by atoms with Crippen molar-refractivity contribution >= 4 is 28.7 Å². The lowest BCUT2D eigenvalue weighted by atomic mass is 10.1. The summed E-state index contributed by atoms with van der Waals surface area (Å²) in [5.41, 5.74) is 0.996. The van der Waals surface area contributed by atoms with Gasteiger partial charge in [0.2, 0.25) is 11.8 Å². The number of hydrogen-bond donors (Lipinski definition) is 4. The van der Waals surface area contributed by atoms with Gasteiger partial charge in [-0.15, -0.1) is 0 Å². The molecule has 1 aliphatic carbocycles. The average Bonchev–Trinajstić information content (AvgIpc) is 3.46. The topological polar surface area (TPSA) is 142 Å². The van der Waals surface area contributed by atoms with Crippen molar-refractivity contribution in [3.63, 3.8) is 0 Å². The highest BCUT2D eigenvalue weighted by Gasteiger charge is 2.22. The van der Waals surface area contributed by atoms with Crippen LogP contribution in [0.5, 0.6) is 0 Å². The third kappa shape index (κ3) is 4.79. The van der Waals surface area contributed by atoms with E-state index in [2.05, 4.69) is 25.6 Å². The van der Waals surface area contributed by atoms with Gasteiger partial charge in [0.15, 0.2) is 5.65 Å². The molecule has 2 heterocycles. The van der Waals surface area contributed by atoms with E-state index in [9.17, 15) is 19.2 Å². The minimum absolute atomic E-state index is 0.0610. The van der Waals surface area contributed by atoms with Gasteiger partial charge in [0.25, 0.3) is 5.56 Å². The first-order valence-electron chi connectivity index (χ1n) is 10.7. The Kier molecular flexibility index (Phi) is 6.20. The van der Waals surface area contributed by atoms with E-state index >= 15 is 0 Å². The van der Waals surface area contributed by atoms with Crippen LogP contribution in [0.15, 0.2) is 33.9 Å². The summed E-state index contributed by atoms with van der Waals surface area (Å²) in [4.78, 5) is 57.5. The highest BCUT2D eigenvalue weighted by atomic mass is 16.2. The number of imidazole rings is 1. The number of benzene rings is 1. The SMILES string of the molecule is Cn1c(=O)[nH]c(=O)c2[nH]c(CCC(=O)NCc3cccc(NC(=O)C4CCCC4)c3)nc21. The van der Waals surface area contributed by atoms with E-state index in [1.165, 1.54) is 11.6 Å². The second-order valence-corrected chi connectivity index (χ2v) is 8.15. The number of carbonyl (C=O) groups excluding carboxylic acids is 2. The smallest absolute Gasteiger partial charge is 0.329 e. The molecular weight excluding hydrogens is 412 g/mol. The number of aryl methyl sites for hydroxylation is 2. The standard InChI is InChI=1S/C22H26N6O4/c1-28-19-18(21(31)27-22(28)32)25-16(26-19)9-10-17(29)23-12-13-5-4-8-15(11-13)24-20(30)14-6-2-3-7-14/h4-5,8,11,14H,2-3,6-7,9-10,12H2,1H3,(H,23,29)(H,24,30)(H,25,26)(H,27,31,32). The Labute approximate surface area is 183 Å². The van der Waals surface area contributed by atoms with Gasteiger partial charge in [-0.05, 0) is 30.5 Å². The van der Waals surface area contributed by atoms with Gasteiger partial charge < -0.3 is 15.6 Å². The van der Waals surface area contributed by atoms with E-state index in [-0.39, 0.29) is 35.3 Å². The lowest BCUT2D eigenvalue weighted by Crippen LogP contribution is -2.28. The predicted octanol–water partition coefficient (Wildman–Crippen LogP) is 1.33. The number of fused-ring (bicyclic) bond motifs is 1. The Morgan fingerprint density at radius 1 is 1.19 bits per heavy atom. The number of nitrogens with zero attached hydrogens (tertiary/aromatic N) is 2. The molecule has 168 valence electrons. The van der Waals surface area contributed by atoms with Crippen LogP contribution in [0.2, 0.25) is 0 Å². The number of rotatable bonds is 7. The summed E-state index contributed by atoms with van der Waals surface area (Å²) in [6.07, 6.45) is 4.56. The number of carbonyl (C=O) groups is 2. The minimum atomic E-state index is -0.542. The molecule has 1 aliphatic rings. The number of amides is 2. The van der Waals surface area contributed by atoms with Gasteiger partial charge in [-0.25, -0.2) is 9.78 Å². The third-order valence-electron chi connectivity index (χ3n) is 5.80. The number of nitrogens with one attached hydrogen (secondary N) is 4. The molecule has 1 aromatic carbocycles. The molecule has 32 heavy (non-hydrogen) atoms.